The zero-order valence-corrected chi connectivity index (χ0v) is 10.0. The summed E-state index contributed by atoms with van der Waals surface area (Å²) >= 11 is 14.4. The lowest BCUT2D eigenvalue weighted by molar-refractivity contribution is 0.598. The van der Waals surface area contributed by atoms with Gasteiger partial charge in [0.1, 0.15) is 0 Å². The van der Waals surface area contributed by atoms with Gasteiger partial charge < -0.3 is 0 Å². The summed E-state index contributed by atoms with van der Waals surface area (Å²) in [7, 11) is -3.75. The normalized spacial score (nSPS) is 11.7. The molecule has 1 aromatic rings. The molecule has 13 heavy (non-hydrogen) atoms. The number of primary sulfonamides is 1. The SMILES string of the molecule is NS(=O)(=O)c1cc(Cl)c(Br)c(Cl)c1. The highest BCUT2D eigenvalue weighted by Crippen LogP contribution is 2.32. The van der Waals surface area contributed by atoms with Gasteiger partial charge in [0.05, 0.1) is 19.4 Å². The van der Waals surface area contributed by atoms with Gasteiger partial charge in [-0.15, -0.1) is 0 Å². The molecule has 0 saturated heterocycles. The second-order valence-electron chi connectivity index (χ2n) is 2.25. The highest BCUT2D eigenvalue weighted by molar-refractivity contribution is 9.10. The summed E-state index contributed by atoms with van der Waals surface area (Å²) in [4.78, 5) is -0.106. The molecular weight excluding hydrogens is 301 g/mol. The van der Waals surface area contributed by atoms with Gasteiger partial charge in [0.2, 0.25) is 10.0 Å². The fourth-order valence-corrected chi connectivity index (χ4v) is 2.11. The quantitative estimate of drug-likeness (QED) is 0.810. The Hall–Kier alpha value is 0.190. The molecule has 72 valence electrons. The number of nitrogens with two attached hydrogens (primary N) is 1. The fraction of sp³-hybridized carbons (Fsp3) is 0. The summed E-state index contributed by atoms with van der Waals surface area (Å²) in [6.07, 6.45) is 0. The molecule has 0 aromatic heterocycles. The van der Waals surface area contributed by atoms with Crippen molar-refractivity contribution in [1.29, 1.82) is 0 Å². The Balaban J connectivity index is 3.47. The summed E-state index contributed by atoms with van der Waals surface area (Å²) in [5.41, 5.74) is 0. The molecule has 0 aliphatic heterocycles. The molecule has 0 saturated carbocycles. The van der Waals surface area contributed by atoms with Crippen LogP contribution in [0.5, 0.6) is 0 Å². The van der Waals surface area contributed by atoms with E-state index in [0.29, 0.717) is 4.47 Å². The van der Waals surface area contributed by atoms with Crippen LogP contribution in [0, 0.1) is 0 Å². The molecule has 0 unspecified atom stereocenters. The van der Waals surface area contributed by atoms with Crippen molar-refractivity contribution in [2.24, 2.45) is 5.14 Å². The fourth-order valence-electron chi connectivity index (χ4n) is 0.697. The van der Waals surface area contributed by atoms with Crippen molar-refractivity contribution < 1.29 is 8.42 Å². The molecule has 0 spiro atoms. The third-order valence-corrected chi connectivity index (χ3v) is 4.09. The number of sulfonamides is 1. The Bertz CT molecular complexity index is 423. The second kappa shape index (κ2) is 3.74. The van der Waals surface area contributed by atoms with Crippen LogP contribution in [0.25, 0.3) is 0 Å². The van der Waals surface area contributed by atoms with Crippen LogP contribution in [0.2, 0.25) is 10.0 Å². The number of hydrogen-bond donors (Lipinski definition) is 1. The van der Waals surface area contributed by atoms with Crippen molar-refractivity contribution in [1.82, 2.24) is 0 Å². The highest BCUT2D eigenvalue weighted by Gasteiger charge is 2.12. The molecule has 1 aromatic carbocycles. The molecule has 0 aliphatic rings. The van der Waals surface area contributed by atoms with Crippen LogP contribution < -0.4 is 5.14 Å². The van der Waals surface area contributed by atoms with Crippen LogP contribution in [-0.2, 0) is 10.0 Å². The van der Waals surface area contributed by atoms with Gasteiger partial charge in [-0.3, -0.25) is 0 Å². The Morgan fingerprint density at radius 1 is 1.23 bits per heavy atom. The number of rotatable bonds is 1. The van der Waals surface area contributed by atoms with E-state index < -0.39 is 10.0 Å². The predicted molar refractivity (Wildman–Crippen MR) is 55.5 cm³/mol. The Morgan fingerprint density at radius 3 is 1.92 bits per heavy atom. The molecule has 1 rings (SSSR count). The van der Waals surface area contributed by atoms with Crippen LogP contribution in [0.15, 0.2) is 21.5 Å². The highest BCUT2D eigenvalue weighted by atomic mass is 79.9. The van der Waals surface area contributed by atoms with Crippen LogP contribution in [0.4, 0.5) is 0 Å². The molecule has 7 heteroatoms. The van der Waals surface area contributed by atoms with E-state index in [1.54, 1.807) is 0 Å². The summed E-state index contributed by atoms with van der Waals surface area (Å²) in [5, 5.41) is 5.29. The number of halogens is 3. The van der Waals surface area contributed by atoms with Gasteiger partial charge in [0, 0.05) is 0 Å². The molecule has 0 fully saturated rings. The first-order valence-corrected chi connectivity index (χ1v) is 6.09. The lowest BCUT2D eigenvalue weighted by atomic mass is 10.4. The van der Waals surface area contributed by atoms with Gasteiger partial charge in [-0.25, -0.2) is 13.6 Å². The van der Waals surface area contributed by atoms with Crippen molar-refractivity contribution in [2.45, 2.75) is 4.90 Å². The van der Waals surface area contributed by atoms with Crippen molar-refractivity contribution >= 4 is 49.2 Å². The Kier molecular flexibility index (Phi) is 3.24. The molecule has 0 heterocycles. The van der Waals surface area contributed by atoms with E-state index in [-0.39, 0.29) is 14.9 Å². The zero-order chi connectivity index (χ0) is 10.2. The van der Waals surface area contributed by atoms with Gasteiger partial charge in [-0.05, 0) is 28.1 Å². The first-order valence-electron chi connectivity index (χ1n) is 2.99. The average molecular weight is 305 g/mol. The van der Waals surface area contributed by atoms with Crippen LogP contribution in [0.1, 0.15) is 0 Å². The van der Waals surface area contributed by atoms with Gasteiger partial charge in [-0.1, -0.05) is 23.2 Å². The summed E-state index contributed by atoms with van der Waals surface area (Å²) in [6, 6.07) is 2.46. The first kappa shape index (κ1) is 11.3. The molecule has 0 bridgehead atoms. The van der Waals surface area contributed by atoms with Crippen LogP contribution in [-0.4, -0.2) is 8.42 Å². The van der Waals surface area contributed by atoms with Gasteiger partial charge in [0.25, 0.3) is 0 Å². The van der Waals surface area contributed by atoms with Crippen LogP contribution in [0.3, 0.4) is 0 Å². The lowest BCUT2D eigenvalue weighted by Crippen LogP contribution is -2.12. The summed E-state index contributed by atoms with van der Waals surface area (Å²) in [6.45, 7) is 0. The van der Waals surface area contributed by atoms with E-state index >= 15 is 0 Å². The van der Waals surface area contributed by atoms with E-state index in [0.717, 1.165) is 0 Å². The summed E-state index contributed by atoms with van der Waals surface area (Å²) in [5.74, 6) is 0. The van der Waals surface area contributed by atoms with Crippen molar-refractivity contribution in [3.05, 3.63) is 26.7 Å². The average Bonchev–Trinajstić information content (AvgIpc) is 1.97. The van der Waals surface area contributed by atoms with Gasteiger partial charge in [0.15, 0.2) is 0 Å². The first-order chi connectivity index (χ1) is 5.82. The smallest absolute Gasteiger partial charge is 0.225 e. The zero-order valence-electron chi connectivity index (χ0n) is 6.09. The minimum absolute atomic E-state index is 0.106. The molecule has 0 radical (unpaired) electrons. The maximum absolute atomic E-state index is 10.9. The topological polar surface area (TPSA) is 60.2 Å². The van der Waals surface area contributed by atoms with E-state index in [2.05, 4.69) is 15.9 Å². The van der Waals surface area contributed by atoms with Gasteiger partial charge in [-0.2, -0.15) is 0 Å². The molecule has 0 atom stereocenters. The largest absolute Gasteiger partial charge is 0.238 e. The third kappa shape index (κ3) is 2.57. The summed E-state index contributed by atoms with van der Waals surface area (Å²) < 4.78 is 22.2. The molecule has 3 nitrogen and oxygen atoms in total. The van der Waals surface area contributed by atoms with E-state index in [1.165, 1.54) is 12.1 Å². The van der Waals surface area contributed by atoms with Crippen LogP contribution >= 0.6 is 39.1 Å². The monoisotopic (exact) mass is 303 g/mol. The molecule has 2 N–H and O–H groups in total. The van der Waals surface area contributed by atoms with E-state index in [1.807, 2.05) is 0 Å². The maximum atomic E-state index is 10.9. The minimum atomic E-state index is -3.75. The lowest BCUT2D eigenvalue weighted by Gasteiger charge is -2.02. The molecule has 0 aliphatic carbocycles. The third-order valence-electron chi connectivity index (χ3n) is 1.29. The predicted octanol–water partition coefficient (Wildman–Crippen LogP) is 2.40. The number of hydrogen-bond acceptors (Lipinski definition) is 2. The standard InChI is InChI=1S/C6H4BrCl2NO2S/c7-6-4(8)1-3(2-5(6)9)13(10,11)12/h1-2H,(H2,10,11,12). The maximum Gasteiger partial charge on any atom is 0.238 e. The van der Waals surface area contributed by atoms with E-state index in [4.69, 9.17) is 28.3 Å². The van der Waals surface area contributed by atoms with E-state index in [9.17, 15) is 8.42 Å². The minimum Gasteiger partial charge on any atom is -0.225 e. The van der Waals surface area contributed by atoms with Crippen molar-refractivity contribution in [2.75, 3.05) is 0 Å². The van der Waals surface area contributed by atoms with Gasteiger partial charge >= 0.3 is 0 Å². The second-order valence-corrected chi connectivity index (χ2v) is 5.41. The number of benzene rings is 1. The van der Waals surface area contributed by atoms with Crippen molar-refractivity contribution in [3.63, 3.8) is 0 Å². The Labute approximate surface area is 94.0 Å². The Morgan fingerprint density at radius 2 is 1.62 bits per heavy atom. The van der Waals surface area contributed by atoms with Crippen molar-refractivity contribution in [3.8, 4) is 0 Å². The molecular formula is C6H4BrCl2NO2S. The molecule has 0 amide bonds.